The number of ether oxygens (including phenoxy) is 1. The van der Waals surface area contributed by atoms with Gasteiger partial charge in [-0.15, -0.1) is 0 Å². The van der Waals surface area contributed by atoms with Crippen molar-refractivity contribution in [3.05, 3.63) is 70.8 Å². The van der Waals surface area contributed by atoms with E-state index in [-0.39, 0.29) is 18.8 Å². The molecule has 1 aliphatic carbocycles. The van der Waals surface area contributed by atoms with Crippen LogP contribution in [0.25, 0.3) is 0 Å². The largest absolute Gasteiger partial charge is 0.465 e. The first-order chi connectivity index (χ1) is 14.2. The van der Waals surface area contributed by atoms with Crippen LogP contribution in [0.5, 0.6) is 0 Å². The van der Waals surface area contributed by atoms with Crippen molar-refractivity contribution in [1.82, 2.24) is 0 Å². The number of aliphatic hydroxyl groups is 1. The second-order valence-electron chi connectivity index (χ2n) is 8.22. The van der Waals surface area contributed by atoms with Gasteiger partial charge in [0.25, 0.3) is 0 Å². The molecule has 0 fully saturated rings. The van der Waals surface area contributed by atoms with E-state index < -0.39 is 23.7 Å². The highest BCUT2D eigenvalue weighted by molar-refractivity contribution is 5.89. The Kier molecular flexibility index (Phi) is 6.56. The Bertz CT molecular complexity index is 879. The molecule has 30 heavy (non-hydrogen) atoms. The smallest absolute Gasteiger partial charge is 0.414 e. The van der Waals surface area contributed by atoms with E-state index in [1.54, 1.807) is 12.1 Å². The Morgan fingerprint density at radius 1 is 1.23 bits per heavy atom. The fourth-order valence-electron chi connectivity index (χ4n) is 4.70. The predicted octanol–water partition coefficient (Wildman–Crippen LogP) is 5.24. The lowest BCUT2D eigenvalue weighted by Gasteiger charge is -2.45. The van der Waals surface area contributed by atoms with Gasteiger partial charge in [-0.25, -0.2) is 4.79 Å². The van der Waals surface area contributed by atoms with E-state index in [2.05, 4.69) is 6.92 Å². The highest BCUT2D eigenvalue weighted by Crippen LogP contribution is 2.48. The standard InChI is InChI=1S/C24H27F3O3/c1-16-8-9-18-14-19(22(29)30-2)10-11-20(18)23(16,13-12-21(28)24(25,26)27)15-17-6-4-3-5-7-17/h3-7,10-11,14,16,21,28H,8-9,12-13,15H2,1-2H3. The van der Waals surface area contributed by atoms with Gasteiger partial charge in [-0.05, 0) is 66.8 Å². The van der Waals surface area contributed by atoms with Crippen LogP contribution >= 0.6 is 0 Å². The van der Waals surface area contributed by atoms with E-state index in [9.17, 15) is 23.1 Å². The quantitative estimate of drug-likeness (QED) is 0.650. The van der Waals surface area contributed by atoms with Crippen LogP contribution in [0.1, 0.15) is 53.2 Å². The third-order valence-corrected chi connectivity index (χ3v) is 6.46. The lowest BCUT2D eigenvalue weighted by molar-refractivity contribution is -0.206. The summed E-state index contributed by atoms with van der Waals surface area (Å²) in [7, 11) is 1.32. The molecule has 0 saturated heterocycles. The Hall–Kier alpha value is -2.34. The summed E-state index contributed by atoms with van der Waals surface area (Å²) in [5.74, 6) is -0.313. The number of aryl methyl sites for hydroxylation is 1. The van der Waals surface area contributed by atoms with Crippen LogP contribution in [-0.4, -0.2) is 30.5 Å². The van der Waals surface area contributed by atoms with Gasteiger partial charge >= 0.3 is 12.1 Å². The van der Waals surface area contributed by atoms with E-state index >= 15 is 0 Å². The Balaban J connectivity index is 2.05. The fraction of sp³-hybridized carbons (Fsp3) is 0.458. The maximum Gasteiger partial charge on any atom is 0.414 e. The zero-order valence-electron chi connectivity index (χ0n) is 17.2. The third kappa shape index (κ3) is 4.53. The van der Waals surface area contributed by atoms with E-state index in [1.807, 2.05) is 36.4 Å². The number of carbonyl (C=O) groups excluding carboxylic acids is 1. The van der Waals surface area contributed by atoms with Crippen molar-refractivity contribution in [2.75, 3.05) is 7.11 Å². The monoisotopic (exact) mass is 420 g/mol. The Morgan fingerprint density at radius 3 is 2.57 bits per heavy atom. The Labute approximate surface area is 174 Å². The number of alkyl halides is 3. The van der Waals surface area contributed by atoms with E-state index in [4.69, 9.17) is 4.74 Å². The van der Waals surface area contributed by atoms with Crippen molar-refractivity contribution in [2.24, 2.45) is 5.92 Å². The van der Waals surface area contributed by atoms with Crippen molar-refractivity contribution >= 4 is 5.97 Å². The highest BCUT2D eigenvalue weighted by Gasteiger charge is 2.45. The van der Waals surface area contributed by atoms with Crippen molar-refractivity contribution in [1.29, 1.82) is 0 Å². The highest BCUT2D eigenvalue weighted by atomic mass is 19.4. The molecule has 2 aromatic rings. The zero-order chi connectivity index (χ0) is 21.9. The zero-order valence-corrected chi connectivity index (χ0v) is 17.2. The molecule has 2 aromatic carbocycles. The molecule has 0 aliphatic heterocycles. The summed E-state index contributed by atoms with van der Waals surface area (Å²) in [5, 5.41) is 9.69. The Morgan fingerprint density at radius 2 is 1.93 bits per heavy atom. The summed E-state index contributed by atoms with van der Waals surface area (Å²) in [6.07, 6.45) is -5.02. The van der Waals surface area contributed by atoms with Gasteiger partial charge in [0.1, 0.15) is 6.10 Å². The van der Waals surface area contributed by atoms with Crippen LogP contribution in [0.15, 0.2) is 48.5 Å². The summed E-state index contributed by atoms with van der Waals surface area (Å²) in [5.41, 5.74) is 2.85. The topological polar surface area (TPSA) is 46.5 Å². The van der Waals surface area contributed by atoms with Gasteiger partial charge < -0.3 is 9.84 Å². The number of rotatable bonds is 6. The molecular weight excluding hydrogens is 393 g/mol. The molecule has 0 heterocycles. The fourth-order valence-corrected chi connectivity index (χ4v) is 4.70. The second kappa shape index (κ2) is 8.80. The molecule has 1 N–H and O–H groups in total. The number of esters is 1. The number of benzene rings is 2. The molecule has 3 nitrogen and oxygen atoms in total. The molecule has 0 spiro atoms. The summed E-state index contributed by atoms with van der Waals surface area (Å²) in [6.45, 7) is 2.07. The SMILES string of the molecule is COC(=O)c1ccc2c(c1)CCC(C)C2(CCC(O)C(F)(F)F)Cc1ccccc1. The van der Waals surface area contributed by atoms with Gasteiger partial charge in [-0.3, -0.25) is 0 Å². The number of hydrogen-bond donors (Lipinski definition) is 1. The minimum Gasteiger partial charge on any atom is -0.465 e. The van der Waals surface area contributed by atoms with Crippen molar-refractivity contribution in [2.45, 2.75) is 56.7 Å². The molecule has 1 aliphatic rings. The summed E-state index contributed by atoms with van der Waals surface area (Å²) < 4.78 is 43.9. The molecule has 0 bridgehead atoms. The van der Waals surface area contributed by atoms with Crippen LogP contribution in [0.4, 0.5) is 13.2 Å². The molecule has 0 saturated carbocycles. The van der Waals surface area contributed by atoms with Crippen LogP contribution in [-0.2, 0) is 23.0 Å². The number of fused-ring (bicyclic) bond motifs is 1. The average Bonchev–Trinajstić information content (AvgIpc) is 2.73. The number of halogens is 3. The summed E-state index contributed by atoms with van der Waals surface area (Å²) in [4.78, 5) is 12.0. The minimum absolute atomic E-state index is 0.120. The van der Waals surface area contributed by atoms with Crippen molar-refractivity contribution < 1.29 is 27.8 Å². The van der Waals surface area contributed by atoms with Crippen LogP contribution < -0.4 is 0 Å². The first kappa shape index (κ1) is 22.3. The maximum absolute atomic E-state index is 13.0. The lowest BCUT2D eigenvalue weighted by atomic mass is 9.59. The van der Waals surface area contributed by atoms with E-state index in [0.29, 0.717) is 12.0 Å². The maximum atomic E-state index is 13.0. The second-order valence-corrected chi connectivity index (χ2v) is 8.22. The molecule has 0 amide bonds. The average molecular weight is 420 g/mol. The van der Waals surface area contributed by atoms with Gasteiger partial charge in [0.05, 0.1) is 12.7 Å². The van der Waals surface area contributed by atoms with E-state index in [0.717, 1.165) is 29.5 Å². The first-order valence-corrected chi connectivity index (χ1v) is 10.2. The van der Waals surface area contributed by atoms with Gasteiger partial charge in [-0.2, -0.15) is 13.2 Å². The number of carbonyl (C=O) groups is 1. The number of hydrogen-bond acceptors (Lipinski definition) is 3. The van der Waals surface area contributed by atoms with Gasteiger partial charge in [0.2, 0.25) is 0 Å². The van der Waals surface area contributed by atoms with Gasteiger partial charge in [0, 0.05) is 5.41 Å². The molecule has 3 rings (SSSR count). The van der Waals surface area contributed by atoms with Crippen LogP contribution in [0, 0.1) is 5.92 Å². The number of methoxy groups -OCH3 is 1. The van der Waals surface area contributed by atoms with Crippen molar-refractivity contribution in [3.8, 4) is 0 Å². The summed E-state index contributed by atoms with van der Waals surface area (Å²) in [6, 6.07) is 15.0. The predicted molar refractivity (Wildman–Crippen MR) is 108 cm³/mol. The lowest BCUT2D eigenvalue weighted by Crippen LogP contribution is -2.42. The van der Waals surface area contributed by atoms with Crippen molar-refractivity contribution in [3.63, 3.8) is 0 Å². The molecule has 3 atom stereocenters. The molecule has 6 heteroatoms. The molecule has 162 valence electrons. The minimum atomic E-state index is -4.64. The number of aliphatic hydroxyl groups excluding tert-OH is 1. The third-order valence-electron chi connectivity index (χ3n) is 6.46. The first-order valence-electron chi connectivity index (χ1n) is 10.2. The molecule has 0 radical (unpaired) electrons. The summed E-state index contributed by atoms with van der Waals surface area (Å²) >= 11 is 0. The van der Waals surface area contributed by atoms with Crippen LogP contribution in [0.2, 0.25) is 0 Å². The van der Waals surface area contributed by atoms with Gasteiger partial charge in [-0.1, -0.05) is 43.3 Å². The van der Waals surface area contributed by atoms with Gasteiger partial charge in [0.15, 0.2) is 0 Å². The van der Waals surface area contributed by atoms with Crippen LogP contribution in [0.3, 0.4) is 0 Å². The molecule has 3 unspecified atom stereocenters. The van der Waals surface area contributed by atoms with E-state index in [1.165, 1.54) is 7.11 Å². The normalized spacial score (nSPS) is 22.3. The molecule has 0 aromatic heterocycles. The molecular formula is C24H27F3O3.